The molecule has 0 amide bonds. The largest absolute Gasteiger partial charge is 1.00 e. The summed E-state index contributed by atoms with van der Waals surface area (Å²) in [6.07, 6.45) is 4.20. The zero-order chi connectivity index (χ0) is 38.2. The van der Waals surface area contributed by atoms with Crippen molar-refractivity contribution in [3.63, 3.8) is 0 Å². The maximum absolute atomic E-state index is 16.4. The van der Waals surface area contributed by atoms with E-state index in [9.17, 15) is 19.2 Å². The minimum absolute atomic E-state index is 0. The Morgan fingerprint density at radius 2 is 1.72 bits per heavy atom. The van der Waals surface area contributed by atoms with E-state index in [0.717, 1.165) is 35.7 Å². The minimum Gasteiger partial charge on any atom is -1.00 e. The summed E-state index contributed by atoms with van der Waals surface area (Å²) in [6, 6.07) is 8.11. The highest BCUT2D eigenvalue weighted by atomic mass is 35.5. The van der Waals surface area contributed by atoms with Crippen LogP contribution in [0.2, 0.25) is 0 Å². The number of likely N-dealkylation sites (N-methyl/N-ethyl adjacent to an activating group) is 1. The van der Waals surface area contributed by atoms with Gasteiger partial charge in [-0.1, -0.05) is 6.07 Å². The third-order valence-electron chi connectivity index (χ3n) is 10.3. The Labute approximate surface area is 319 Å². The number of ether oxygens (including phenoxy) is 1. The number of aromatic nitrogens is 3. The Morgan fingerprint density at radius 3 is 2.37 bits per heavy atom. The lowest BCUT2D eigenvalue weighted by Gasteiger charge is -2.41. The summed E-state index contributed by atoms with van der Waals surface area (Å²) in [4.78, 5) is 58.7. The lowest BCUT2D eigenvalue weighted by atomic mass is 10.1. The fourth-order valence-corrected chi connectivity index (χ4v) is 6.89. The normalized spacial score (nSPS) is 16.4. The van der Waals surface area contributed by atoms with Crippen LogP contribution < -0.4 is 39.3 Å². The van der Waals surface area contributed by atoms with E-state index in [1.54, 1.807) is 9.47 Å². The number of hydrogen-bond acceptors (Lipinski definition) is 8. The third-order valence-corrected chi connectivity index (χ3v) is 10.3. The number of halogens is 3. The van der Waals surface area contributed by atoms with E-state index < -0.39 is 28.7 Å². The average Bonchev–Trinajstić information content (AvgIpc) is 3.92. The lowest BCUT2D eigenvalue weighted by molar-refractivity contribution is -0.870. The van der Waals surface area contributed by atoms with Gasteiger partial charge in [0.15, 0.2) is 5.82 Å². The standard InChI is InChI=1S/C39H49F2N7O5.ClH/c1-24-9-10-27(19-25(24)2)42-32-21-33(49)46(39(52)43-32)14-8-7-13-44-15-16-45(22-26(44)3)36-31(40)20-29-35(34(36)41)47(28-11-12-28)23-30(37(29)50)38(51)53-18-17-48(4,5)6;/h9-10,19-21,23,26,28H,7-8,11-18,22H2,1-6H3,(H-,42,43,49,52);1H. The van der Waals surface area contributed by atoms with Crippen LogP contribution in [0.3, 0.4) is 0 Å². The van der Waals surface area contributed by atoms with Crippen LogP contribution >= 0.6 is 0 Å². The summed E-state index contributed by atoms with van der Waals surface area (Å²) < 4.78 is 41.0. The number of anilines is 3. The number of piperazine rings is 1. The summed E-state index contributed by atoms with van der Waals surface area (Å²) in [5, 5.41) is 2.92. The predicted molar refractivity (Wildman–Crippen MR) is 203 cm³/mol. The molecule has 3 heterocycles. The van der Waals surface area contributed by atoms with Crippen LogP contribution in [0.1, 0.15) is 60.1 Å². The number of esters is 1. The van der Waals surface area contributed by atoms with Crippen molar-refractivity contribution >= 4 is 34.1 Å². The zero-order valence-corrected chi connectivity index (χ0v) is 32.6. The van der Waals surface area contributed by atoms with Gasteiger partial charge in [-0.05, 0) is 82.3 Å². The molecule has 2 N–H and O–H groups in total. The van der Waals surface area contributed by atoms with Gasteiger partial charge in [0.05, 0.1) is 32.0 Å². The van der Waals surface area contributed by atoms with Crippen molar-refractivity contribution in [2.75, 3.05) is 70.7 Å². The van der Waals surface area contributed by atoms with Crippen LogP contribution in [0.4, 0.5) is 26.0 Å². The second-order valence-corrected chi connectivity index (χ2v) is 15.5. The molecular formula is C39H50ClF2N7O5. The number of fused-ring (bicyclic) bond motifs is 1. The lowest BCUT2D eigenvalue weighted by Crippen LogP contribution is -3.00. The van der Waals surface area contributed by atoms with Crippen molar-refractivity contribution in [2.45, 2.75) is 65.1 Å². The molecule has 1 saturated heterocycles. The molecule has 0 spiro atoms. The predicted octanol–water partition coefficient (Wildman–Crippen LogP) is 1.68. The van der Waals surface area contributed by atoms with E-state index in [4.69, 9.17) is 4.74 Å². The second-order valence-electron chi connectivity index (χ2n) is 15.5. The number of benzene rings is 2. The van der Waals surface area contributed by atoms with Crippen molar-refractivity contribution in [1.29, 1.82) is 0 Å². The van der Waals surface area contributed by atoms with E-state index in [0.29, 0.717) is 55.9 Å². The van der Waals surface area contributed by atoms with Crippen LogP contribution in [0, 0.1) is 25.5 Å². The van der Waals surface area contributed by atoms with Gasteiger partial charge in [-0.25, -0.2) is 18.4 Å². The molecule has 6 rings (SSSR count). The number of aromatic amines is 1. The second kappa shape index (κ2) is 16.5. The maximum Gasteiger partial charge on any atom is 0.343 e. The van der Waals surface area contributed by atoms with Crippen LogP contribution in [0.15, 0.2) is 50.9 Å². The van der Waals surface area contributed by atoms with Gasteiger partial charge in [-0.15, -0.1) is 0 Å². The van der Waals surface area contributed by atoms with E-state index in [1.807, 2.05) is 60.1 Å². The first-order chi connectivity index (χ1) is 25.1. The van der Waals surface area contributed by atoms with Crippen molar-refractivity contribution in [1.82, 2.24) is 19.0 Å². The van der Waals surface area contributed by atoms with Crippen molar-refractivity contribution in [3.8, 4) is 0 Å². The zero-order valence-electron chi connectivity index (χ0n) is 31.8. The van der Waals surface area contributed by atoms with Gasteiger partial charge in [-0.2, -0.15) is 0 Å². The summed E-state index contributed by atoms with van der Waals surface area (Å²) in [6.45, 7) is 8.87. The van der Waals surface area contributed by atoms with Gasteiger partial charge in [0.2, 0.25) is 5.43 Å². The van der Waals surface area contributed by atoms with E-state index in [-0.39, 0.29) is 65.4 Å². The number of quaternary nitrogens is 1. The molecule has 1 aliphatic heterocycles. The Bertz CT molecular complexity index is 2180. The molecule has 4 aromatic rings. The van der Waals surface area contributed by atoms with Gasteiger partial charge in [0, 0.05) is 56.2 Å². The Kier molecular flexibility index (Phi) is 12.4. The highest BCUT2D eigenvalue weighted by Crippen LogP contribution is 2.40. The van der Waals surface area contributed by atoms with Gasteiger partial charge >= 0.3 is 11.7 Å². The van der Waals surface area contributed by atoms with Crippen LogP contribution in [-0.4, -0.2) is 96.0 Å². The average molecular weight is 770 g/mol. The first-order valence-corrected chi connectivity index (χ1v) is 18.3. The Balaban J connectivity index is 0.00000561. The van der Waals surface area contributed by atoms with Crippen molar-refractivity contribution in [2.24, 2.45) is 0 Å². The summed E-state index contributed by atoms with van der Waals surface area (Å²) in [7, 11) is 5.86. The van der Waals surface area contributed by atoms with Gasteiger partial charge in [-0.3, -0.25) is 24.0 Å². The molecule has 12 nitrogen and oxygen atoms in total. The first kappa shape index (κ1) is 40.7. The van der Waals surface area contributed by atoms with Crippen LogP contribution in [-0.2, 0) is 11.3 Å². The van der Waals surface area contributed by atoms with E-state index >= 15 is 8.78 Å². The van der Waals surface area contributed by atoms with Gasteiger partial charge in [0.25, 0.3) is 5.56 Å². The topological polar surface area (TPSA) is 122 Å². The van der Waals surface area contributed by atoms with E-state index in [2.05, 4.69) is 15.2 Å². The fraction of sp³-hybridized carbons (Fsp3) is 0.487. The molecular weight excluding hydrogens is 720 g/mol. The van der Waals surface area contributed by atoms with E-state index in [1.165, 1.54) is 16.8 Å². The third kappa shape index (κ3) is 9.04. The summed E-state index contributed by atoms with van der Waals surface area (Å²) in [5.74, 6) is -2.12. The molecule has 2 aromatic heterocycles. The summed E-state index contributed by atoms with van der Waals surface area (Å²) >= 11 is 0. The SMILES string of the molecule is Cc1ccc(Nc2cc(=O)n(CCCCN3CCN(c4c(F)cc5c(=O)c(C(=O)OCC[N+](C)(C)C)cn(C6CC6)c5c4F)CC3C)c(=O)[nH]2)cc1C.[Cl-]. The van der Waals surface area contributed by atoms with Gasteiger partial charge < -0.3 is 36.4 Å². The number of aryl methyl sites for hydroxylation is 2. The number of H-pyrrole nitrogens is 1. The quantitative estimate of drug-likeness (QED) is 0.120. The smallest absolute Gasteiger partial charge is 0.343 e. The number of pyridine rings is 1. The van der Waals surface area contributed by atoms with Crippen molar-refractivity contribution < 1.29 is 35.2 Å². The molecule has 15 heteroatoms. The number of rotatable bonds is 13. The number of nitrogens with zero attached hydrogens (tertiary/aromatic N) is 5. The molecule has 54 heavy (non-hydrogen) atoms. The molecule has 0 radical (unpaired) electrons. The Morgan fingerprint density at radius 1 is 1.00 bits per heavy atom. The van der Waals surface area contributed by atoms with Crippen LogP contribution in [0.5, 0.6) is 0 Å². The molecule has 292 valence electrons. The van der Waals surface area contributed by atoms with Crippen molar-refractivity contribution in [3.05, 3.63) is 95.9 Å². The maximum atomic E-state index is 16.4. The number of hydrogen-bond donors (Lipinski definition) is 2. The Hall–Kier alpha value is -4.53. The number of carbonyl (C=O) groups excluding carboxylic acids is 1. The molecule has 0 bridgehead atoms. The number of carbonyl (C=O) groups is 1. The number of nitrogens with one attached hydrogen (secondary N) is 2. The monoisotopic (exact) mass is 769 g/mol. The highest BCUT2D eigenvalue weighted by Gasteiger charge is 2.33. The highest BCUT2D eigenvalue weighted by molar-refractivity contribution is 5.95. The molecule has 1 saturated carbocycles. The molecule has 2 fully saturated rings. The summed E-state index contributed by atoms with van der Waals surface area (Å²) in [5.41, 5.74) is 1.00. The van der Waals surface area contributed by atoms with Crippen LogP contribution in [0.25, 0.3) is 10.9 Å². The number of unbranched alkanes of at least 4 members (excludes halogenated alkanes) is 1. The molecule has 1 aliphatic carbocycles. The van der Waals surface area contributed by atoms with Gasteiger partial charge in [0.1, 0.15) is 36.0 Å². The minimum atomic E-state index is -0.850. The molecule has 2 aliphatic rings. The molecule has 1 unspecified atom stereocenters. The molecule has 2 aromatic carbocycles. The fourth-order valence-electron chi connectivity index (χ4n) is 6.89. The molecule has 1 atom stereocenters. The first-order valence-electron chi connectivity index (χ1n) is 18.3.